The molecule has 0 aliphatic carbocycles. The highest BCUT2D eigenvalue weighted by atomic mass is 16.2. The van der Waals surface area contributed by atoms with Crippen LogP contribution in [0, 0.1) is 0 Å². The second kappa shape index (κ2) is 8.94. The average Bonchev–Trinajstić information content (AvgIpc) is 2.98. The third-order valence-corrected chi connectivity index (χ3v) is 5.08. The number of nitrogens with zero attached hydrogens (tertiary/aromatic N) is 2. The molecule has 1 aromatic carbocycles. The van der Waals surface area contributed by atoms with Gasteiger partial charge in [-0.25, -0.2) is 0 Å². The molecule has 3 rings (SSSR count). The first-order chi connectivity index (χ1) is 12.6. The minimum absolute atomic E-state index is 0.144. The van der Waals surface area contributed by atoms with Crippen molar-refractivity contribution in [3.05, 3.63) is 35.4 Å². The Kier molecular flexibility index (Phi) is 6.39. The van der Waals surface area contributed by atoms with Gasteiger partial charge in [-0.05, 0) is 37.1 Å². The molecule has 1 N–H and O–H groups in total. The van der Waals surface area contributed by atoms with E-state index >= 15 is 0 Å². The monoisotopic (exact) mass is 357 g/mol. The van der Waals surface area contributed by atoms with Crippen molar-refractivity contribution in [2.45, 2.75) is 51.6 Å². The topological polar surface area (TPSA) is 69.7 Å². The molecule has 2 aliphatic heterocycles. The first-order valence-electron chi connectivity index (χ1n) is 9.52. The molecule has 0 atom stereocenters. The molecule has 6 nitrogen and oxygen atoms in total. The van der Waals surface area contributed by atoms with Crippen molar-refractivity contribution in [2.24, 2.45) is 0 Å². The molecule has 0 bridgehead atoms. The summed E-state index contributed by atoms with van der Waals surface area (Å²) in [6.07, 6.45) is 4.62. The van der Waals surface area contributed by atoms with Crippen molar-refractivity contribution >= 4 is 17.7 Å². The van der Waals surface area contributed by atoms with Crippen LogP contribution in [-0.2, 0) is 27.5 Å². The van der Waals surface area contributed by atoms with E-state index in [9.17, 15) is 14.4 Å². The van der Waals surface area contributed by atoms with Gasteiger partial charge >= 0.3 is 0 Å². The van der Waals surface area contributed by atoms with Crippen LogP contribution in [0.4, 0.5) is 0 Å². The summed E-state index contributed by atoms with van der Waals surface area (Å²) < 4.78 is 0. The first kappa shape index (κ1) is 18.6. The Morgan fingerprint density at radius 2 is 1.54 bits per heavy atom. The molecule has 1 aromatic rings. The molecule has 140 valence electrons. The van der Waals surface area contributed by atoms with E-state index in [2.05, 4.69) is 22.3 Å². The van der Waals surface area contributed by atoms with E-state index in [1.807, 2.05) is 12.1 Å². The number of amides is 3. The minimum Gasteiger partial charge on any atom is -0.352 e. The summed E-state index contributed by atoms with van der Waals surface area (Å²) in [5.74, 6) is -0.492. The second-order valence-corrected chi connectivity index (χ2v) is 7.12. The molecule has 2 fully saturated rings. The number of likely N-dealkylation sites (tertiary alicyclic amines) is 2. The predicted octanol–water partition coefficient (Wildman–Crippen LogP) is 1.83. The average molecular weight is 357 g/mol. The van der Waals surface area contributed by atoms with Crippen LogP contribution in [0.15, 0.2) is 24.3 Å². The zero-order valence-corrected chi connectivity index (χ0v) is 15.2. The van der Waals surface area contributed by atoms with Crippen molar-refractivity contribution in [1.29, 1.82) is 0 Å². The van der Waals surface area contributed by atoms with Crippen molar-refractivity contribution in [1.82, 2.24) is 15.1 Å². The van der Waals surface area contributed by atoms with E-state index in [-0.39, 0.29) is 43.5 Å². The van der Waals surface area contributed by atoms with Gasteiger partial charge in [0.25, 0.3) is 0 Å². The van der Waals surface area contributed by atoms with Crippen LogP contribution in [0.25, 0.3) is 0 Å². The van der Waals surface area contributed by atoms with Gasteiger partial charge in [0.05, 0.1) is 0 Å². The van der Waals surface area contributed by atoms with Crippen LogP contribution >= 0.6 is 0 Å². The van der Waals surface area contributed by atoms with Crippen molar-refractivity contribution in [2.75, 3.05) is 19.6 Å². The summed E-state index contributed by atoms with van der Waals surface area (Å²) >= 11 is 0. The van der Waals surface area contributed by atoms with Gasteiger partial charge in [-0.1, -0.05) is 30.7 Å². The smallest absolute Gasteiger partial charge is 0.229 e. The highest BCUT2D eigenvalue weighted by Gasteiger charge is 2.28. The number of piperidine rings is 1. The third kappa shape index (κ3) is 5.14. The Hall–Kier alpha value is -2.21. The Morgan fingerprint density at radius 3 is 2.19 bits per heavy atom. The van der Waals surface area contributed by atoms with Gasteiger partial charge in [0, 0.05) is 38.9 Å². The highest BCUT2D eigenvalue weighted by Crippen LogP contribution is 2.14. The van der Waals surface area contributed by atoms with Crippen LogP contribution < -0.4 is 5.32 Å². The van der Waals surface area contributed by atoms with Gasteiger partial charge in [-0.15, -0.1) is 0 Å². The van der Waals surface area contributed by atoms with Gasteiger partial charge in [-0.2, -0.15) is 0 Å². The standard InChI is InChI=1S/C20H27N3O3/c24-18(10-13-23-19(25)8-9-20(23)26)21-14-16-4-6-17(7-5-16)15-22-11-2-1-3-12-22/h4-7H,1-3,8-15H2,(H,21,24). The number of benzene rings is 1. The van der Waals surface area contributed by atoms with Gasteiger partial charge in [0.2, 0.25) is 17.7 Å². The summed E-state index contributed by atoms with van der Waals surface area (Å²) in [6.45, 7) is 3.99. The SMILES string of the molecule is O=C(CCN1C(=O)CCC1=O)NCc1ccc(CN2CCCCC2)cc1. The van der Waals surface area contributed by atoms with E-state index in [4.69, 9.17) is 0 Å². The van der Waals surface area contributed by atoms with Crippen LogP contribution in [0.3, 0.4) is 0 Å². The largest absolute Gasteiger partial charge is 0.352 e. The number of hydrogen-bond acceptors (Lipinski definition) is 4. The maximum atomic E-state index is 11.9. The molecule has 2 aliphatic rings. The molecule has 26 heavy (non-hydrogen) atoms. The summed E-state index contributed by atoms with van der Waals surface area (Å²) in [6, 6.07) is 8.34. The lowest BCUT2D eigenvalue weighted by Crippen LogP contribution is -2.34. The summed E-state index contributed by atoms with van der Waals surface area (Å²) in [5.41, 5.74) is 2.35. The molecular formula is C20H27N3O3. The predicted molar refractivity (Wildman–Crippen MR) is 98.0 cm³/mol. The number of imide groups is 1. The Morgan fingerprint density at radius 1 is 0.923 bits per heavy atom. The molecular weight excluding hydrogens is 330 g/mol. The van der Waals surface area contributed by atoms with Gasteiger partial charge in [0.15, 0.2) is 0 Å². The van der Waals surface area contributed by atoms with Crippen LogP contribution in [-0.4, -0.2) is 47.2 Å². The molecule has 0 saturated carbocycles. The zero-order chi connectivity index (χ0) is 18.4. The van der Waals surface area contributed by atoms with Crippen LogP contribution in [0.5, 0.6) is 0 Å². The molecule has 2 heterocycles. The number of carbonyl (C=O) groups is 3. The maximum absolute atomic E-state index is 11.9. The fourth-order valence-electron chi connectivity index (χ4n) is 3.51. The number of rotatable bonds is 7. The van der Waals surface area contributed by atoms with Crippen molar-refractivity contribution in [3.8, 4) is 0 Å². The van der Waals surface area contributed by atoms with E-state index in [0.717, 1.165) is 12.1 Å². The Labute approximate surface area is 154 Å². The highest BCUT2D eigenvalue weighted by molar-refractivity contribution is 6.02. The maximum Gasteiger partial charge on any atom is 0.229 e. The lowest BCUT2D eigenvalue weighted by atomic mass is 10.1. The summed E-state index contributed by atoms with van der Waals surface area (Å²) in [7, 11) is 0. The Balaban J connectivity index is 1.39. The molecule has 2 saturated heterocycles. The Bertz CT molecular complexity index is 635. The van der Waals surface area contributed by atoms with Crippen molar-refractivity contribution < 1.29 is 14.4 Å². The van der Waals surface area contributed by atoms with Crippen LogP contribution in [0.1, 0.15) is 49.7 Å². The van der Waals surface area contributed by atoms with E-state index in [1.165, 1.54) is 42.8 Å². The summed E-state index contributed by atoms with van der Waals surface area (Å²) in [4.78, 5) is 38.7. The summed E-state index contributed by atoms with van der Waals surface area (Å²) in [5, 5.41) is 2.85. The van der Waals surface area contributed by atoms with E-state index in [1.54, 1.807) is 0 Å². The molecule has 3 amide bonds. The molecule has 0 unspecified atom stereocenters. The van der Waals surface area contributed by atoms with Gasteiger partial charge in [-0.3, -0.25) is 24.2 Å². The molecule has 6 heteroatoms. The van der Waals surface area contributed by atoms with Gasteiger partial charge in [0.1, 0.15) is 0 Å². The number of carbonyl (C=O) groups excluding carboxylic acids is 3. The molecule has 0 radical (unpaired) electrons. The molecule has 0 spiro atoms. The van der Waals surface area contributed by atoms with Gasteiger partial charge < -0.3 is 5.32 Å². The fourth-order valence-corrected chi connectivity index (χ4v) is 3.51. The van der Waals surface area contributed by atoms with E-state index in [0.29, 0.717) is 6.54 Å². The normalized spacial score (nSPS) is 18.4. The second-order valence-electron chi connectivity index (χ2n) is 7.12. The van der Waals surface area contributed by atoms with Crippen molar-refractivity contribution in [3.63, 3.8) is 0 Å². The lowest BCUT2D eigenvalue weighted by molar-refractivity contribution is -0.138. The molecule has 0 aromatic heterocycles. The lowest BCUT2D eigenvalue weighted by Gasteiger charge is -2.26. The van der Waals surface area contributed by atoms with E-state index < -0.39 is 0 Å². The fraction of sp³-hybridized carbons (Fsp3) is 0.550. The zero-order valence-electron chi connectivity index (χ0n) is 15.2. The number of nitrogens with one attached hydrogen (secondary N) is 1. The quantitative estimate of drug-likeness (QED) is 0.756. The minimum atomic E-state index is -0.174. The van der Waals surface area contributed by atoms with Crippen LogP contribution in [0.2, 0.25) is 0 Å². The third-order valence-electron chi connectivity index (χ3n) is 5.08. The first-order valence-corrected chi connectivity index (χ1v) is 9.52. The number of hydrogen-bond donors (Lipinski definition) is 1.